The number of carbonyl (C=O) groups excluding carboxylic acids is 2. The zero-order valence-corrected chi connectivity index (χ0v) is 21.4. The number of benzene rings is 1. The van der Waals surface area contributed by atoms with Crippen molar-refractivity contribution in [2.24, 2.45) is 0 Å². The van der Waals surface area contributed by atoms with Crippen molar-refractivity contribution in [2.45, 2.75) is 51.2 Å². The lowest BCUT2D eigenvalue weighted by Crippen LogP contribution is -2.48. The molecule has 0 saturated heterocycles. The number of ether oxygens (including phenoxy) is 2. The number of sulfonamides is 1. The van der Waals surface area contributed by atoms with E-state index in [9.17, 15) is 18.0 Å². The van der Waals surface area contributed by atoms with E-state index in [0.717, 1.165) is 0 Å². The van der Waals surface area contributed by atoms with E-state index in [1.54, 1.807) is 52.1 Å². The van der Waals surface area contributed by atoms with Crippen molar-refractivity contribution >= 4 is 39.0 Å². The second-order valence-corrected chi connectivity index (χ2v) is 11.1. The molecular weight excluding hydrogens is 488 g/mol. The molecule has 0 bridgehead atoms. The van der Waals surface area contributed by atoms with Crippen LogP contribution in [-0.4, -0.2) is 59.8 Å². The van der Waals surface area contributed by atoms with Gasteiger partial charge in [-0.1, -0.05) is 0 Å². The van der Waals surface area contributed by atoms with Crippen LogP contribution in [0, 0.1) is 6.92 Å². The maximum absolute atomic E-state index is 14.0. The molecule has 0 fully saturated rings. The zero-order chi connectivity index (χ0) is 26.3. The fourth-order valence-electron chi connectivity index (χ4n) is 3.79. The summed E-state index contributed by atoms with van der Waals surface area (Å²) in [5.74, 6) is 0.00962. The highest BCUT2D eigenvalue weighted by atomic mass is 32.2. The summed E-state index contributed by atoms with van der Waals surface area (Å²) < 4.78 is 41.9. The summed E-state index contributed by atoms with van der Waals surface area (Å²) in [6, 6.07) is 6.29. The number of aromatic nitrogens is 3. The third-order valence-corrected chi connectivity index (χ3v) is 7.10. The van der Waals surface area contributed by atoms with Gasteiger partial charge in [0.15, 0.2) is 10.5 Å². The second kappa shape index (κ2) is 9.30. The largest absolute Gasteiger partial charge is 0.484 e. The number of rotatable bonds is 5. The van der Waals surface area contributed by atoms with Crippen LogP contribution in [0.15, 0.2) is 41.6 Å². The van der Waals surface area contributed by atoms with Crippen LogP contribution in [0.4, 0.5) is 16.2 Å². The Bertz CT molecular complexity index is 1430. The first-order chi connectivity index (χ1) is 16.8. The first-order valence-corrected chi connectivity index (χ1v) is 12.7. The summed E-state index contributed by atoms with van der Waals surface area (Å²) in [6.07, 6.45) is 1.77. The average Bonchev–Trinajstić information content (AvgIpc) is 3.12. The minimum absolute atomic E-state index is 0.0419. The molecule has 12 nitrogen and oxygen atoms in total. The number of hydrogen-bond donors (Lipinski definition) is 2. The molecule has 2 aromatic heterocycles. The van der Waals surface area contributed by atoms with Crippen molar-refractivity contribution in [1.29, 1.82) is 0 Å². The van der Waals surface area contributed by atoms with Gasteiger partial charge in [-0.05, 0) is 52.0 Å². The summed E-state index contributed by atoms with van der Waals surface area (Å²) in [6.45, 7) is 8.20. The van der Waals surface area contributed by atoms with Crippen LogP contribution < -0.4 is 19.7 Å². The topological polar surface area (TPSA) is 144 Å². The van der Waals surface area contributed by atoms with Crippen LogP contribution in [0.1, 0.15) is 33.4 Å². The quantitative estimate of drug-likeness (QED) is 0.526. The maximum atomic E-state index is 14.0. The summed E-state index contributed by atoms with van der Waals surface area (Å²) in [5, 5.41) is 9.58. The number of amides is 2. The molecule has 0 saturated carbocycles. The van der Waals surface area contributed by atoms with Gasteiger partial charge in [0.05, 0.1) is 24.5 Å². The van der Waals surface area contributed by atoms with Crippen molar-refractivity contribution in [1.82, 2.24) is 19.9 Å². The van der Waals surface area contributed by atoms with Crippen LogP contribution in [0.2, 0.25) is 0 Å². The molecule has 0 aliphatic carbocycles. The summed E-state index contributed by atoms with van der Waals surface area (Å²) >= 11 is 0. The Balaban J connectivity index is 1.77. The maximum Gasteiger partial charge on any atom is 0.412 e. The van der Waals surface area contributed by atoms with Gasteiger partial charge in [-0.25, -0.2) is 22.7 Å². The van der Waals surface area contributed by atoms with Gasteiger partial charge in [-0.15, -0.1) is 0 Å². The molecule has 2 amide bonds. The molecule has 4 rings (SSSR count). The first-order valence-electron chi connectivity index (χ1n) is 11.2. The minimum Gasteiger partial charge on any atom is -0.484 e. The average molecular weight is 517 g/mol. The van der Waals surface area contributed by atoms with Crippen LogP contribution in [-0.2, 0) is 19.6 Å². The fraction of sp³-hybridized carbons (Fsp3) is 0.391. The van der Waals surface area contributed by atoms with Gasteiger partial charge in [-0.3, -0.25) is 14.4 Å². The van der Waals surface area contributed by atoms with Gasteiger partial charge in [0.25, 0.3) is 10.0 Å². The van der Waals surface area contributed by atoms with Crippen LogP contribution in [0.5, 0.6) is 5.75 Å². The van der Waals surface area contributed by atoms with E-state index in [0.29, 0.717) is 5.69 Å². The van der Waals surface area contributed by atoms with E-state index < -0.39 is 27.8 Å². The number of carbonyl (C=O) groups is 2. The second-order valence-electron chi connectivity index (χ2n) is 9.32. The summed E-state index contributed by atoms with van der Waals surface area (Å²) in [7, 11) is -4.18. The Morgan fingerprint density at radius 3 is 2.72 bits per heavy atom. The molecule has 1 aromatic carbocycles. The van der Waals surface area contributed by atoms with E-state index in [-0.39, 0.29) is 46.7 Å². The van der Waals surface area contributed by atoms with Gasteiger partial charge in [-0.2, -0.15) is 5.10 Å². The van der Waals surface area contributed by atoms with Crippen molar-refractivity contribution in [3.63, 3.8) is 0 Å². The van der Waals surface area contributed by atoms with Crippen LogP contribution in [0.3, 0.4) is 0 Å². The lowest BCUT2D eigenvalue weighted by atomic mass is 10.2. The molecule has 36 heavy (non-hydrogen) atoms. The number of aryl methyl sites for hydroxylation is 1. The monoisotopic (exact) mass is 516 g/mol. The van der Waals surface area contributed by atoms with Crippen molar-refractivity contribution in [3.05, 3.63) is 42.4 Å². The lowest BCUT2D eigenvalue weighted by Gasteiger charge is -2.35. The molecule has 3 aromatic rings. The van der Waals surface area contributed by atoms with E-state index in [1.807, 2.05) is 0 Å². The number of nitrogens with one attached hydrogen (secondary N) is 2. The molecule has 0 radical (unpaired) electrons. The Morgan fingerprint density at radius 2 is 2.03 bits per heavy atom. The Hall–Kier alpha value is -3.87. The zero-order valence-electron chi connectivity index (χ0n) is 20.6. The van der Waals surface area contributed by atoms with Crippen molar-refractivity contribution < 1.29 is 27.5 Å². The number of anilines is 2. The highest BCUT2D eigenvalue weighted by molar-refractivity contribution is 7.93. The Kier molecular flexibility index (Phi) is 6.52. The van der Waals surface area contributed by atoms with E-state index >= 15 is 0 Å². The van der Waals surface area contributed by atoms with Crippen LogP contribution >= 0.6 is 0 Å². The predicted molar refractivity (Wildman–Crippen MR) is 132 cm³/mol. The van der Waals surface area contributed by atoms with Gasteiger partial charge in [0.2, 0.25) is 5.91 Å². The predicted octanol–water partition coefficient (Wildman–Crippen LogP) is 2.48. The lowest BCUT2D eigenvalue weighted by molar-refractivity contribution is -0.119. The minimum atomic E-state index is -4.18. The molecule has 13 heteroatoms. The molecular formula is C23H28N6O6S. The Morgan fingerprint density at radius 1 is 1.28 bits per heavy atom. The highest BCUT2D eigenvalue weighted by Crippen LogP contribution is 2.40. The number of hydrogen-bond acceptors (Lipinski definition) is 8. The third-order valence-electron chi connectivity index (χ3n) is 5.18. The molecule has 1 aliphatic rings. The van der Waals surface area contributed by atoms with Crippen molar-refractivity contribution in [2.75, 3.05) is 22.7 Å². The number of nitrogens with zero attached hydrogens (tertiary/aromatic N) is 4. The molecule has 0 unspecified atom stereocenters. The standard InChI is InChI=1S/C23H28N6O6S/c1-14-20(21-24-9-6-10-28(21)27-14)36(32,33)29-13-17(12-25-15(2)30)34-19-8-7-16(11-18(19)29)26-22(31)35-23(3,4)5/h6-11,17H,12-13H2,1-5H3,(H,25,30)(H,26,31)/t17-/m0/s1. The van der Waals surface area contributed by atoms with E-state index in [1.165, 1.54) is 28.0 Å². The fourth-order valence-corrected chi connectivity index (χ4v) is 5.57. The molecule has 2 N–H and O–H groups in total. The smallest absolute Gasteiger partial charge is 0.412 e. The van der Waals surface area contributed by atoms with Gasteiger partial charge in [0, 0.05) is 25.0 Å². The van der Waals surface area contributed by atoms with Crippen molar-refractivity contribution in [3.8, 4) is 5.75 Å². The molecule has 3 heterocycles. The summed E-state index contributed by atoms with van der Waals surface area (Å²) in [5.41, 5.74) is 0.300. The molecule has 0 spiro atoms. The highest BCUT2D eigenvalue weighted by Gasteiger charge is 2.38. The normalized spacial score (nSPS) is 15.7. The number of fused-ring (bicyclic) bond motifs is 2. The van der Waals surface area contributed by atoms with Gasteiger partial charge in [0.1, 0.15) is 17.5 Å². The first kappa shape index (κ1) is 25.2. The molecule has 1 aliphatic heterocycles. The Labute approximate surface area is 208 Å². The van der Waals surface area contributed by atoms with Crippen LogP contribution in [0.25, 0.3) is 5.65 Å². The molecule has 192 valence electrons. The third kappa shape index (κ3) is 5.20. The molecule has 1 atom stereocenters. The SMILES string of the molecule is CC(=O)NC[C@H]1CN(S(=O)(=O)c2c(C)nn3cccnc23)c2cc(NC(=O)OC(C)(C)C)ccc2O1. The van der Waals surface area contributed by atoms with Gasteiger partial charge < -0.3 is 14.8 Å². The van der Waals surface area contributed by atoms with Gasteiger partial charge >= 0.3 is 6.09 Å². The summed E-state index contributed by atoms with van der Waals surface area (Å²) in [4.78, 5) is 27.9. The van der Waals surface area contributed by atoms with E-state index in [2.05, 4.69) is 20.7 Å². The van der Waals surface area contributed by atoms with E-state index in [4.69, 9.17) is 9.47 Å².